The zero-order valence-corrected chi connectivity index (χ0v) is 24.6. The van der Waals surface area contributed by atoms with Crippen molar-refractivity contribution in [1.29, 1.82) is 0 Å². The van der Waals surface area contributed by atoms with Crippen LogP contribution in [0, 0.1) is 5.92 Å². The van der Waals surface area contributed by atoms with Crippen LogP contribution in [-0.4, -0.2) is 45.3 Å². The molecule has 0 aliphatic carbocycles. The van der Waals surface area contributed by atoms with Gasteiger partial charge in [0.1, 0.15) is 6.54 Å². The summed E-state index contributed by atoms with van der Waals surface area (Å²) in [7, 11) is 0. The summed E-state index contributed by atoms with van der Waals surface area (Å²) >= 11 is 6.40. The quantitative estimate of drug-likeness (QED) is 0.280. The van der Waals surface area contributed by atoms with Crippen LogP contribution in [0.4, 0.5) is 0 Å². The molecule has 2 amide bonds. The second kappa shape index (κ2) is 12.7. The number of nitrogens with zero attached hydrogens (tertiary/aromatic N) is 3. The molecule has 1 heterocycles. The lowest BCUT2D eigenvalue weighted by atomic mass is 9.86. The van der Waals surface area contributed by atoms with Crippen LogP contribution in [0.5, 0.6) is 0 Å². The summed E-state index contributed by atoms with van der Waals surface area (Å²) in [4.78, 5) is 30.7. The summed E-state index contributed by atoms with van der Waals surface area (Å²) < 4.78 is 2.13. The normalized spacial score (nSPS) is 11.7. The highest BCUT2D eigenvalue weighted by Gasteiger charge is 2.26. The molecule has 2 aromatic carbocycles. The van der Waals surface area contributed by atoms with Gasteiger partial charge in [0.25, 0.3) is 5.91 Å². The molecular formula is C32H42ClN3O2. The number of rotatable bonds is 10. The molecule has 0 spiro atoms. The molecule has 0 N–H and O–H groups in total. The van der Waals surface area contributed by atoms with Crippen LogP contribution in [0.2, 0.25) is 5.02 Å². The molecule has 0 saturated heterocycles. The molecule has 0 saturated carbocycles. The van der Waals surface area contributed by atoms with Gasteiger partial charge < -0.3 is 14.4 Å². The van der Waals surface area contributed by atoms with Crippen molar-refractivity contribution in [2.75, 3.05) is 13.1 Å². The van der Waals surface area contributed by atoms with Gasteiger partial charge in [-0.1, -0.05) is 76.6 Å². The molecular weight excluding hydrogens is 494 g/mol. The first-order valence-electron chi connectivity index (χ1n) is 13.4. The van der Waals surface area contributed by atoms with Gasteiger partial charge in [0.2, 0.25) is 5.91 Å². The number of halogens is 1. The van der Waals surface area contributed by atoms with Gasteiger partial charge in [0, 0.05) is 41.6 Å². The van der Waals surface area contributed by atoms with Gasteiger partial charge in [-0.15, -0.1) is 0 Å². The van der Waals surface area contributed by atoms with E-state index in [2.05, 4.69) is 39.2 Å². The van der Waals surface area contributed by atoms with E-state index < -0.39 is 0 Å². The Bertz CT molecular complexity index is 1220. The lowest BCUT2D eigenvalue weighted by Gasteiger charge is -2.31. The van der Waals surface area contributed by atoms with E-state index in [1.54, 1.807) is 4.90 Å². The summed E-state index contributed by atoms with van der Waals surface area (Å²) in [5, 5.41) is 0.726. The highest BCUT2D eigenvalue weighted by molar-refractivity contribution is 6.31. The zero-order chi connectivity index (χ0) is 28.0. The molecule has 3 aromatic rings. The van der Waals surface area contributed by atoms with Crippen molar-refractivity contribution in [3.8, 4) is 0 Å². The van der Waals surface area contributed by atoms with Gasteiger partial charge in [-0.3, -0.25) is 9.59 Å². The predicted octanol–water partition coefficient (Wildman–Crippen LogP) is 7.02. The highest BCUT2D eigenvalue weighted by Crippen LogP contribution is 2.23. The fourth-order valence-corrected chi connectivity index (χ4v) is 4.66. The summed E-state index contributed by atoms with van der Waals surface area (Å²) in [6, 6.07) is 19.5. The number of benzene rings is 2. The van der Waals surface area contributed by atoms with E-state index in [4.69, 9.17) is 11.6 Å². The Labute approximate surface area is 233 Å². The second-order valence-corrected chi connectivity index (χ2v) is 12.1. The Kier molecular flexibility index (Phi) is 9.83. The number of hydrogen-bond donors (Lipinski definition) is 0. The van der Waals surface area contributed by atoms with Crippen LogP contribution >= 0.6 is 11.6 Å². The summed E-state index contributed by atoms with van der Waals surface area (Å²) in [5.74, 6) is 0.108. The minimum atomic E-state index is -0.125. The molecule has 0 aliphatic heterocycles. The van der Waals surface area contributed by atoms with E-state index in [0.29, 0.717) is 31.1 Å². The average Bonchev–Trinajstić information content (AvgIpc) is 3.28. The number of amides is 2. The first kappa shape index (κ1) is 29.5. The number of aromatic nitrogens is 1. The fourth-order valence-electron chi connectivity index (χ4n) is 4.46. The molecule has 0 bridgehead atoms. The number of carbonyl (C=O) groups excluding carboxylic acids is 2. The largest absolute Gasteiger partial charge is 0.345 e. The van der Waals surface area contributed by atoms with Gasteiger partial charge in [0.05, 0.1) is 6.54 Å². The average molecular weight is 536 g/mol. The summed E-state index contributed by atoms with van der Waals surface area (Å²) in [6.07, 6.45) is 2.02. The van der Waals surface area contributed by atoms with Gasteiger partial charge in [-0.05, 0) is 66.6 Å². The first-order chi connectivity index (χ1) is 17.9. The van der Waals surface area contributed by atoms with E-state index in [9.17, 15) is 9.59 Å². The lowest BCUT2D eigenvalue weighted by molar-refractivity contribution is -0.133. The third kappa shape index (κ3) is 7.73. The minimum absolute atomic E-state index is 0.0101. The summed E-state index contributed by atoms with van der Waals surface area (Å²) in [6.45, 7) is 16.3. The maximum Gasteiger partial charge on any atom is 0.254 e. The maximum absolute atomic E-state index is 13.7. The monoisotopic (exact) mass is 535 g/mol. The van der Waals surface area contributed by atoms with Crippen molar-refractivity contribution in [3.05, 3.63) is 94.3 Å². The third-order valence-corrected chi connectivity index (χ3v) is 7.07. The molecule has 1 aromatic heterocycles. The second-order valence-electron chi connectivity index (χ2n) is 11.7. The first-order valence-corrected chi connectivity index (χ1v) is 13.8. The Morgan fingerprint density at radius 3 is 2.16 bits per heavy atom. The molecule has 0 atom stereocenters. The van der Waals surface area contributed by atoms with Crippen molar-refractivity contribution in [3.63, 3.8) is 0 Å². The van der Waals surface area contributed by atoms with Gasteiger partial charge >= 0.3 is 0 Å². The zero-order valence-electron chi connectivity index (χ0n) is 23.9. The van der Waals surface area contributed by atoms with Gasteiger partial charge in [-0.2, -0.15) is 0 Å². The van der Waals surface area contributed by atoms with Crippen LogP contribution < -0.4 is 0 Å². The Balaban J connectivity index is 1.78. The topological polar surface area (TPSA) is 45.6 Å². The molecule has 5 nitrogen and oxygen atoms in total. The fraction of sp³-hybridized carbons (Fsp3) is 0.438. The van der Waals surface area contributed by atoms with Gasteiger partial charge in [-0.25, -0.2) is 0 Å². The van der Waals surface area contributed by atoms with E-state index in [1.165, 1.54) is 5.56 Å². The van der Waals surface area contributed by atoms with Crippen LogP contribution in [-0.2, 0) is 23.3 Å². The van der Waals surface area contributed by atoms with E-state index >= 15 is 0 Å². The maximum atomic E-state index is 13.7. The van der Waals surface area contributed by atoms with Crippen molar-refractivity contribution >= 4 is 23.4 Å². The minimum Gasteiger partial charge on any atom is -0.345 e. The molecule has 3 rings (SSSR count). The van der Waals surface area contributed by atoms with Gasteiger partial charge in [0.15, 0.2) is 0 Å². The smallest absolute Gasteiger partial charge is 0.254 e. The van der Waals surface area contributed by atoms with Crippen LogP contribution in [0.25, 0.3) is 0 Å². The predicted molar refractivity (Wildman–Crippen MR) is 157 cm³/mol. The molecule has 0 radical (unpaired) electrons. The molecule has 0 unspecified atom stereocenters. The van der Waals surface area contributed by atoms with E-state index in [1.807, 2.05) is 85.6 Å². The highest BCUT2D eigenvalue weighted by atomic mass is 35.5. The Hall–Kier alpha value is -3.05. The standard InChI is InChI=1S/C32H42ClN3O2/c1-23(2)19-35(21-28-12-10-18-34(28)20-26-11-8-9-13-29(26)33)30(37)22-36(24(3)4)31(38)25-14-16-27(17-15-25)32(5,6)7/h8-18,23-24H,19-22H2,1-7H3. The van der Waals surface area contributed by atoms with E-state index in [-0.39, 0.29) is 29.8 Å². The van der Waals surface area contributed by atoms with Crippen molar-refractivity contribution < 1.29 is 9.59 Å². The molecule has 38 heavy (non-hydrogen) atoms. The number of hydrogen-bond acceptors (Lipinski definition) is 2. The Morgan fingerprint density at radius 1 is 0.921 bits per heavy atom. The molecule has 0 fully saturated rings. The van der Waals surface area contributed by atoms with Crippen LogP contribution in [0.3, 0.4) is 0 Å². The van der Waals surface area contributed by atoms with Crippen molar-refractivity contribution in [2.45, 2.75) is 73.0 Å². The lowest BCUT2D eigenvalue weighted by Crippen LogP contribution is -2.46. The van der Waals surface area contributed by atoms with Crippen molar-refractivity contribution in [1.82, 2.24) is 14.4 Å². The number of carbonyl (C=O) groups is 2. The van der Waals surface area contributed by atoms with E-state index in [0.717, 1.165) is 16.3 Å². The van der Waals surface area contributed by atoms with Crippen LogP contribution in [0.1, 0.15) is 75.6 Å². The molecule has 204 valence electrons. The van der Waals surface area contributed by atoms with Crippen molar-refractivity contribution in [2.24, 2.45) is 5.92 Å². The summed E-state index contributed by atoms with van der Waals surface area (Å²) in [5.41, 5.74) is 3.84. The third-order valence-electron chi connectivity index (χ3n) is 6.70. The molecule has 0 aliphatic rings. The SMILES string of the molecule is CC(C)CN(Cc1cccn1Cc1ccccc1Cl)C(=O)CN(C(=O)c1ccc(C(C)(C)C)cc1)C(C)C. The van der Waals surface area contributed by atoms with Crippen LogP contribution in [0.15, 0.2) is 66.9 Å². The Morgan fingerprint density at radius 2 is 1.58 bits per heavy atom. The molecule has 6 heteroatoms.